The Morgan fingerprint density at radius 1 is 0.871 bits per heavy atom. The first-order chi connectivity index (χ1) is 15.0. The molecule has 0 aromatic heterocycles. The van der Waals surface area contributed by atoms with Gasteiger partial charge in [0, 0.05) is 24.8 Å². The molecule has 0 aliphatic rings. The summed E-state index contributed by atoms with van der Waals surface area (Å²) < 4.78 is 5.86. The molecule has 0 heterocycles. The molecular weight excluding hydrogens is 394 g/mol. The van der Waals surface area contributed by atoms with E-state index in [0.29, 0.717) is 24.3 Å². The number of nitrogens with two attached hydrogens (primary N) is 1. The van der Waals surface area contributed by atoms with Crippen molar-refractivity contribution in [1.82, 2.24) is 5.32 Å². The van der Waals surface area contributed by atoms with Crippen LogP contribution in [-0.2, 0) is 9.59 Å². The maximum atomic E-state index is 12.4. The molecule has 0 saturated heterocycles. The van der Waals surface area contributed by atoms with E-state index in [9.17, 15) is 14.4 Å². The number of ether oxygens (including phenoxy) is 1. The summed E-state index contributed by atoms with van der Waals surface area (Å²) in [6.45, 7) is 0.540. The van der Waals surface area contributed by atoms with E-state index in [0.717, 1.165) is 16.5 Å². The summed E-state index contributed by atoms with van der Waals surface area (Å²) in [5, 5.41) is 7.52. The van der Waals surface area contributed by atoms with Gasteiger partial charge >= 0.3 is 0 Å². The van der Waals surface area contributed by atoms with Crippen LogP contribution in [0.4, 0.5) is 5.69 Å². The molecular formula is C24H25N3O4. The number of hydrogen-bond acceptors (Lipinski definition) is 4. The minimum atomic E-state index is -0.493. The van der Waals surface area contributed by atoms with E-state index in [1.165, 1.54) is 0 Å². The number of carbonyl (C=O) groups is 3. The summed E-state index contributed by atoms with van der Waals surface area (Å²) in [4.78, 5) is 35.5. The second-order valence-electron chi connectivity index (χ2n) is 7.00. The van der Waals surface area contributed by atoms with Crippen LogP contribution in [0.5, 0.6) is 5.75 Å². The lowest BCUT2D eigenvalue weighted by atomic mass is 10.1. The number of hydrogen-bond donors (Lipinski definition) is 3. The van der Waals surface area contributed by atoms with E-state index in [2.05, 4.69) is 10.6 Å². The SMILES string of the molecule is NC(=O)CCNC(=O)c1ccccc1NC(=O)CCCOc1cccc2ccccc12. The number of rotatable bonds is 10. The van der Waals surface area contributed by atoms with Gasteiger partial charge in [0.1, 0.15) is 5.75 Å². The Morgan fingerprint density at radius 2 is 1.61 bits per heavy atom. The Morgan fingerprint density at radius 3 is 2.45 bits per heavy atom. The van der Waals surface area contributed by atoms with Gasteiger partial charge in [0.15, 0.2) is 0 Å². The first-order valence-electron chi connectivity index (χ1n) is 10.1. The number of anilines is 1. The molecule has 0 spiro atoms. The van der Waals surface area contributed by atoms with Crippen LogP contribution in [0, 0.1) is 0 Å². The highest BCUT2D eigenvalue weighted by Crippen LogP contribution is 2.25. The molecule has 0 atom stereocenters. The summed E-state index contributed by atoms with van der Waals surface area (Å²) in [6.07, 6.45) is 0.835. The summed E-state index contributed by atoms with van der Waals surface area (Å²) >= 11 is 0. The summed E-state index contributed by atoms with van der Waals surface area (Å²) in [7, 11) is 0. The molecule has 160 valence electrons. The van der Waals surface area contributed by atoms with Gasteiger partial charge in [0.25, 0.3) is 5.91 Å². The minimum absolute atomic E-state index is 0.0525. The van der Waals surface area contributed by atoms with Crippen LogP contribution in [-0.4, -0.2) is 30.9 Å². The van der Waals surface area contributed by atoms with Crippen molar-refractivity contribution in [3.05, 3.63) is 72.3 Å². The van der Waals surface area contributed by atoms with Crippen LogP contribution in [0.25, 0.3) is 10.8 Å². The molecule has 0 aliphatic carbocycles. The number of fused-ring (bicyclic) bond motifs is 1. The van der Waals surface area contributed by atoms with Crippen LogP contribution >= 0.6 is 0 Å². The van der Waals surface area contributed by atoms with Crippen molar-refractivity contribution in [2.24, 2.45) is 5.73 Å². The zero-order valence-corrected chi connectivity index (χ0v) is 17.1. The lowest BCUT2D eigenvalue weighted by Gasteiger charge is -2.12. The summed E-state index contributed by atoms with van der Waals surface area (Å²) in [5.41, 5.74) is 5.82. The van der Waals surface area contributed by atoms with Gasteiger partial charge in [-0.25, -0.2) is 0 Å². The Balaban J connectivity index is 1.50. The maximum Gasteiger partial charge on any atom is 0.253 e. The van der Waals surface area contributed by atoms with Crippen LogP contribution in [0.15, 0.2) is 66.7 Å². The van der Waals surface area contributed by atoms with Crippen LogP contribution in [0.2, 0.25) is 0 Å². The fraction of sp³-hybridized carbons (Fsp3) is 0.208. The first kappa shape index (κ1) is 21.8. The molecule has 0 aliphatic heterocycles. The predicted octanol–water partition coefficient (Wildman–Crippen LogP) is 3.24. The van der Waals surface area contributed by atoms with Gasteiger partial charge in [0.2, 0.25) is 11.8 Å². The van der Waals surface area contributed by atoms with E-state index in [4.69, 9.17) is 10.5 Å². The van der Waals surface area contributed by atoms with Gasteiger partial charge in [-0.2, -0.15) is 0 Å². The van der Waals surface area contributed by atoms with Gasteiger partial charge in [0.05, 0.1) is 17.9 Å². The zero-order valence-electron chi connectivity index (χ0n) is 17.1. The van der Waals surface area contributed by atoms with Gasteiger partial charge < -0.3 is 21.1 Å². The number of para-hydroxylation sites is 1. The van der Waals surface area contributed by atoms with Crippen molar-refractivity contribution < 1.29 is 19.1 Å². The van der Waals surface area contributed by atoms with Gasteiger partial charge in [-0.3, -0.25) is 14.4 Å². The average molecular weight is 419 g/mol. The van der Waals surface area contributed by atoms with E-state index in [1.807, 2.05) is 42.5 Å². The zero-order chi connectivity index (χ0) is 22.1. The third kappa shape index (κ3) is 6.30. The second kappa shape index (κ2) is 10.8. The van der Waals surface area contributed by atoms with Crippen molar-refractivity contribution in [3.8, 4) is 5.75 Å². The van der Waals surface area contributed by atoms with Crippen molar-refractivity contribution in [2.45, 2.75) is 19.3 Å². The topological polar surface area (TPSA) is 111 Å². The predicted molar refractivity (Wildman–Crippen MR) is 120 cm³/mol. The Bertz CT molecular complexity index is 1080. The lowest BCUT2D eigenvalue weighted by Crippen LogP contribution is -2.28. The standard InChI is InChI=1S/C24H25N3O4/c25-22(28)14-15-26-24(30)19-10-3-4-11-20(19)27-23(29)13-6-16-31-21-12-5-8-17-7-1-2-9-18(17)21/h1-5,7-12H,6,13-16H2,(H2,25,28)(H,26,30)(H,27,29). The molecule has 0 bridgehead atoms. The van der Waals surface area contributed by atoms with E-state index in [-0.39, 0.29) is 31.2 Å². The van der Waals surface area contributed by atoms with Gasteiger partial charge in [-0.05, 0) is 30.0 Å². The molecule has 3 aromatic carbocycles. The van der Waals surface area contributed by atoms with Crippen molar-refractivity contribution in [3.63, 3.8) is 0 Å². The molecule has 0 unspecified atom stereocenters. The molecule has 31 heavy (non-hydrogen) atoms. The maximum absolute atomic E-state index is 12.4. The number of benzene rings is 3. The minimum Gasteiger partial charge on any atom is -0.493 e. The summed E-state index contributed by atoms with van der Waals surface area (Å²) in [6, 6.07) is 20.6. The van der Waals surface area contributed by atoms with Crippen molar-refractivity contribution in [1.29, 1.82) is 0 Å². The monoisotopic (exact) mass is 419 g/mol. The number of primary amides is 1. The number of amides is 3. The molecule has 0 fully saturated rings. The normalized spacial score (nSPS) is 10.5. The Hall–Kier alpha value is -3.87. The lowest BCUT2D eigenvalue weighted by molar-refractivity contribution is -0.118. The van der Waals surface area contributed by atoms with E-state index < -0.39 is 5.91 Å². The second-order valence-corrected chi connectivity index (χ2v) is 7.00. The molecule has 0 saturated carbocycles. The third-order valence-electron chi connectivity index (χ3n) is 4.66. The molecule has 0 radical (unpaired) electrons. The van der Waals surface area contributed by atoms with Gasteiger partial charge in [-0.1, -0.05) is 48.5 Å². The Kier molecular flexibility index (Phi) is 7.59. The summed E-state index contributed by atoms with van der Waals surface area (Å²) in [5.74, 6) is -0.292. The third-order valence-corrected chi connectivity index (χ3v) is 4.66. The highest BCUT2D eigenvalue weighted by Gasteiger charge is 2.13. The smallest absolute Gasteiger partial charge is 0.253 e. The van der Waals surface area contributed by atoms with Crippen LogP contribution in [0.1, 0.15) is 29.6 Å². The van der Waals surface area contributed by atoms with Gasteiger partial charge in [-0.15, -0.1) is 0 Å². The molecule has 7 heteroatoms. The van der Waals surface area contributed by atoms with Crippen LogP contribution < -0.4 is 21.1 Å². The number of carbonyl (C=O) groups excluding carboxylic acids is 3. The molecule has 7 nitrogen and oxygen atoms in total. The highest BCUT2D eigenvalue weighted by molar-refractivity contribution is 6.03. The quantitative estimate of drug-likeness (QED) is 0.438. The van der Waals surface area contributed by atoms with E-state index >= 15 is 0 Å². The fourth-order valence-corrected chi connectivity index (χ4v) is 3.13. The first-order valence-corrected chi connectivity index (χ1v) is 10.1. The molecule has 3 aromatic rings. The largest absolute Gasteiger partial charge is 0.493 e. The number of nitrogens with one attached hydrogen (secondary N) is 2. The average Bonchev–Trinajstić information content (AvgIpc) is 2.77. The molecule has 4 N–H and O–H groups in total. The van der Waals surface area contributed by atoms with Crippen LogP contribution in [0.3, 0.4) is 0 Å². The van der Waals surface area contributed by atoms with Crippen molar-refractivity contribution >= 4 is 34.2 Å². The molecule has 3 rings (SSSR count). The highest BCUT2D eigenvalue weighted by atomic mass is 16.5. The molecule has 3 amide bonds. The van der Waals surface area contributed by atoms with Crippen molar-refractivity contribution in [2.75, 3.05) is 18.5 Å². The van der Waals surface area contributed by atoms with E-state index in [1.54, 1.807) is 24.3 Å². The fourth-order valence-electron chi connectivity index (χ4n) is 3.13. The Labute approximate surface area is 180 Å².